The number of halogens is 2. The summed E-state index contributed by atoms with van der Waals surface area (Å²) in [5.74, 6) is 2.00. The SMILES string of the molecule is C1=CC(CC2CCCCC2)=[C]([Zr+2][C]2=C(CC3CCCCC3)C=CC2)C1.[F-].[F-]. The van der Waals surface area contributed by atoms with Gasteiger partial charge in [-0.05, 0) is 0 Å². The molecular weight excluding hydrogens is 417 g/mol. The fourth-order valence-corrected chi connectivity index (χ4v) is 9.01. The average Bonchev–Trinajstić information content (AvgIpc) is 3.27. The van der Waals surface area contributed by atoms with E-state index in [2.05, 4.69) is 24.3 Å². The van der Waals surface area contributed by atoms with E-state index >= 15 is 0 Å². The normalized spacial score (nSPS) is 23.4. The third-order valence-corrected chi connectivity index (χ3v) is 10.9. The van der Waals surface area contributed by atoms with Crippen molar-refractivity contribution in [1.29, 1.82) is 0 Å². The van der Waals surface area contributed by atoms with Gasteiger partial charge in [-0.25, -0.2) is 0 Å². The van der Waals surface area contributed by atoms with Crippen LogP contribution in [-0.2, 0) is 23.2 Å². The fourth-order valence-electron chi connectivity index (χ4n) is 5.33. The first-order chi connectivity index (χ1) is 12.4. The Morgan fingerprint density at radius 3 is 1.44 bits per heavy atom. The van der Waals surface area contributed by atoms with E-state index in [1.807, 2.05) is 6.56 Å². The molecule has 3 heteroatoms. The Kier molecular flexibility index (Phi) is 9.91. The second-order valence-corrected chi connectivity index (χ2v) is 12.3. The monoisotopic (exact) mass is 450 g/mol. The summed E-state index contributed by atoms with van der Waals surface area (Å²) in [4.78, 5) is 0. The maximum absolute atomic E-state index is 2.51. The summed E-state index contributed by atoms with van der Waals surface area (Å²) in [6.07, 6.45) is 30.2. The molecule has 4 aliphatic carbocycles. The standard InChI is InChI=1S/2C12H17.2FH.Zr/c2*1-2-6-11(7-3-1)10-12-8-4-5-9-12;;;/h2*4,8,11H,1-3,5-7,10H2;2*1H;/q;;;;+2/p-2. The van der Waals surface area contributed by atoms with Crippen LogP contribution in [0.2, 0.25) is 0 Å². The minimum absolute atomic E-state index is 0. The molecule has 4 rings (SSSR count). The van der Waals surface area contributed by atoms with Crippen LogP contribution in [0.3, 0.4) is 0 Å². The Bertz CT molecular complexity index is 536. The van der Waals surface area contributed by atoms with Crippen molar-refractivity contribution in [2.24, 2.45) is 11.8 Å². The van der Waals surface area contributed by atoms with Crippen LogP contribution in [0.25, 0.3) is 0 Å². The van der Waals surface area contributed by atoms with Gasteiger partial charge in [0.2, 0.25) is 0 Å². The molecule has 0 bridgehead atoms. The molecule has 0 atom stereocenters. The van der Waals surface area contributed by atoms with E-state index in [1.165, 1.54) is 89.9 Å². The topological polar surface area (TPSA) is 0 Å². The van der Waals surface area contributed by atoms with Crippen molar-refractivity contribution in [2.75, 3.05) is 0 Å². The number of rotatable bonds is 6. The third-order valence-electron chi connectivity index (χ3n) is 6.83. The third kappa shape index (κ3) is 6.35. The molecule has 2 fully saturated rings. The first-order valence-corrected chi connectivity index (χ1v) is 13.4. The largest absolute Gasteiger partial charge is 1.00 e. The van der Waals surface area contributed by atoms with Crippen LogP contribution in [0, 0.1) is 11.8 Å². The molecule has 0 aromatic carbocycles. The van der Waals surface area contributed by atoms with Crippen molar-refractivity contribution in [3.63, 3.8) is 0 Å². The summed E-state index contributed by atoms with van der Waals surface area (Å²) in [6.45, 7) is 0. The van der Waals surface area contributed by atoms with Crippen LogP contribution in [0.15, 0.2) is 42.0 Å². The zero-order valence-corrected chi connectivity index (χ0v) is 19.1. The molecule has 0 unspecified atom stereocenters. The van der Waals surface area contributed by atoms with Crippen LogP contribution in [-0.4, -0.2) is 0 Å². The van der Waals surface area contributed by atoms with Crippen LogP contribution < -0.4 is 9.41 Å². The van der Waals surface area contributed by atoms with Gasteiger partial charge in [-0.2, -0.15) is 0 Å². The molecule has 0 N–H and O–H groups in total. The van der Waals surface area contributed by atoms with Gasteiger partial charge in [0.05, 0.1) is 0 Å². The summed E-state index contributed by atoms with van der Waals surface area (Å²) < 4.78 is 3.85. The van der Waals surface area contributed by atoms with Crippen LogP contribution in [0.5, 0.6) is 0 Å². The minimum Gasteiger partial charge on any atom is -1.00 e. The van der Waals surface area contributed by atoms with Crippen LogP contribution in [0.4, 0.5) is 0 Å². The van der Waals surface area contributed by atoms with E-state index in [0.717, 1.165) is 11.8 Å². The molecule has 27 heavy (non-hydrogen) atoms. The number of allylic oxidation sites excluding steroid dienone is 8. The maximum atomic E-state index is 2.51. The minimum atomic E-state index is -0.516. The van der Waals surface area contributed by atoms with Crippen molar-refractivity contribution in [1.82, 2.24) is 0 Å². The Balaban J connectivity index is 0.00000131. The van der Waals surface area contributed by atoms with Gasteiger partial charge in [-0.3, -0.25) is 0 Å². The van der Waals surface area contributed by atoms with Crippen molar-refractivity contribution in [3.05, 3.63) is 42.0 Å². The molecule has 4 aliphatic rings. The molecular formula is C24H34F2Zr. The van der Waals surface area contributed by atoms with Gasteiger partial charge in [-0.15, -0.1) is 0 Å². The van der Waals surface area contributed by atoms with E-state index in [1.54, 1.807) is 11.1 Å². The summed E-state index contributed by atoms with van der Waals surface area (Å²) in [7, 11) is 0. The van der Waals surface area contributed by atoms with Gasteiger partial charge in [0.1, 0.15) is 0 Å². The van der Waals surface area contributed by atoms with Crippen LogP contribution >= 0.6 is 0 Å². The van der Waals surface area contributed by atoms with E-state index in [0.29, 0.717) is 0 Å². The van der Waals surface area contributed by atoms with E-state index < -0.39 is 23.2 Å². The molecule has 0 aliphatic heterocycles. The second kappa shape index (κ2) is 11.6. The Hall–Kier alpha value is -0.297. The van der Waals surface area contributed by atoms with Gasteiger partial charge < -0.3 is 9.41 Å². The molecule has 0 aromatic heterocycles. The Labute approximate surface area is 176 Å². The molecule has 0 radical (unpaired) electrons. The first-order valence-electron chi connectivity index (χ1n) is 10.9. The fraction of sp³-hybridized carbons (Fsp3) is 0.667. The number of hydrogen-bond acceptors (Lipinski definition) is 0. The van der Waals surface area contributed by atoms with Gasteiger partial charge in [0.25, 0.3) is 0 Å². The van der Waals surface area contributed by atoms with Crippen LogP contribution in [0.1, 0.15) is 89.9 Å². The second-order valence-electron chi connectivity index (χ2n) is 8.76. The van der Waals surface area contributed by atoms with Gasteiger partial charge >= 0.3 is 167 Å². The quantitative estimate of drug-likeness (QED) is 0.573. The van der Waals surface area contributed by atoms with E-state index in [9.17, 15) is 0 Å². The molecule has 0 spiro atoms. The predicted octanol–water partition coefficient (Wildman–Crippen LogP) is 1.45. The molecule has 148 valence electrons. The van der Waals surface area contributed by atoms with E-state index in [-0.39, 0.29) is 9.41 Å². The molecule has 0 nitrogen and oxygen atoms in total. The molecule has 0 amide bonds. The van der Waals surface area contributed by atoms with Gasteiger partial charge in [0, 0.05) is 0 Å². The zero-order chi connectivity index (χ0) is 16.9. The summed E-state index contributed by atoms with van der Waals surface area (Å²) in [5, 5.41) is 0. The molecule has 2 saturated carbocycles. The summed E-state index contributed by atoms with van der Waals surface area (Å²) in [6, 6.07) is 0. The first kappa shape index (κ1) is 23.0. The van der Waals surface area contributed by atoms with Crippen molar-refractivity contribution in [3.8, 4) is 0 Å². The molecule has 0 heterocycles. The van der Waals surface area contributed by atoms with Crippen molar-refractivity contribution >= 4 is 0 Å². The summed E-state index contributed by atoms with van der Waals surface area (Å²) in [5.41, 5.74) is 3.57. The van der Waals surface area contributed by atoms with Gasteiger partial charge in [0.15, 0.2) is 0 Å². The Morgan fingerprint density at radius 2 is 1.04 bits per heavy atom. The van der Waals surface area contributed by atoms with Crippen molar-refractivity contribution < 1.29 is 32.6 Å². The molecule has 0 aromatic rings. The predicted molar refractivity (Wildman–Crippen MR) is 104 cm³/mol. The van der Waals surface area contributed by atoms with Crippen molar-refractivity contribution in [2.45, 2.75) is 89.9 Å². The van der Waals surface area contributed by atoms with E-state index in [4.69, 9.17) is 0 Å². The smallest absolute Gasteiger partial charge is 1.00 e. The van der Waals surface area contributed by atoms with Gasteiger partial charge in [-0.1, -0.05) is 0 Å². The number of hydrogen-bond donors (Lipinski definition) is 0. The average molecular weight is 452 g/mol. The Morgan fingerprint density at radius 1 is 0.630 bits per heavy atom. The maximum Gasteiger partial charge on any atom is -1.00 e. The summed E-state index contributed by atoms with van der Waals surface area (Å²) >= 11 is -0.516. The zero-order valence-electron chi connectivity index (χ0n) is 16.6. The molecule has 0 saturated heterocycles.